The molecule has 0 aliphatic carbocycles. The van der Waals surface area contributed by atoms with Gasteiger partial charge in [-0.3, -0.25) is 0 Å². The van der Waals surface area contributed by atoms with Crippen LogP contribution in [0.2, 0.25) is 0 Å². The van der Waals surface area contributed by atoms with Crippen molar-refractivity contribution in [1.29, 1.82) is 0 Å². The Labute approximate surface area is 112 Å². The zero-order valence-electron chi connectivity index (χ0n) is 10.2. The Morgan fingerprint density at radius 1 is 1.44 bits per heavy atom. The van der Waals surface area contributed by atoms with Crippen molar-refractivity contribution in [2.24, 2.45) is 5.73 Å². The highest BCUT2D eigenvalue weighted by Gasteiger charge is 2.16. The molecule has 1 unspecified atom stereocenters. The summed E-state index contributed by atoms with van der Waals surface area (Å²) in [6.07, 6.45) is 0. The van der Waals surface area contributed by atoms with E-state index in [1.807, 2.05) is 0 Å². The van der Waals surface area contributed by atoms with Gasteiger partial charge in [0.05, 0.1) is 12.1 Å². The van der Waals surface area contributed by atoms with Crippen LogP contribution in [0.4, 0.5) is 0 Å². The maximum atomic E-state index is 11.6. The number of rotatable bonds is 6. The van der Waals surface area contributed by atoms with Gasteiger partial charge in [0, 0.05) is 6.04 Å². The van der Waals surface area contributed by atoms with Gasteiger partial charge >= 0.3 is 0 Å². The lowest BCUT2D eigenvalue weighted by Gasteiger charge is -2.14. The lowest BCUT2D eigenvalue weighted by molar-refractivity contribution is 0.414. The van der Waals surface area contributed by atoms with Crippen molar-refractivity contribution in [3.63, 3.8) is 0 Å². The van der Waals surface area contributed by atoms with E-state index in [0.717, 1.165) is 11.3 Å². The molecule has 1 rings (SSSR count). The predicted octanol–water partition coefficient (Wildman–Crippen LogP) is 0.962. The minimum atomic E-state index is -3.49. The Morgan fingerprint density at radius 3 is 2.44 bits per heavy atom. The third-order valence-corrected chi connectivity index (χ3v) is 4.04. The lowest BCUT2D eigenvalue weighted by atomic mass is 10.1. The SMILES string of the molecule is COc1ccc(C(C)NS(=O)(=O)CC(N)=S)cc1. The van der Waals surface area contributed by atoms with Crippen molar-refractivity contribution in [2.75, 3.05) is 12.9 Å². The van der Waals surface area contributed by atoms with E-state index < -0.39 is 10.0 Å². The van der Waals surface area contributed by atoms with Crippen molar-refractivity contribution >= 4 is 27.2 Å². The minimum Gasteiger partial charge on any atom is -0.497 e. The summed E-state index contributed by atoms with van der Waals surface area (Å²) in [7, 11) is -1.92. The van der Waals surface area contributed by atoms with E-state index in [2.05, 4.69) is 16.9 Å². The fraction of sp³-hybridized carbons (Fsp3) is 0.364. The van der Waals surface area contributed by atoms with Gasteiger partial charge in [-0.25, -0.2) is 13.1 Å². The van der Waals surface area contributed by atoms with Crippen LogP contribution in [0.5, 0.6) is 5.75 Å². The van der Waals surface area contributed by atoms with Gasteiger partial charge < -0.3 is 10.5 Å². The first-order chi connectivity index (χ1) is 8.34. The summed E-state index contributed by atoms with van der Waals surface area (Å²) in [6.45, 7) is 1.75. The number of ether oxygens (including phenoxy) is 1. The van der Waals surface area contributed by atoms with Gasteiger partial charge in [-0.1, -0.05) is 24.4 Å². The molecule has 1 aromatic rings. The molecule has 0 heterocycles. The topological polar surface area (TPSA) is 81.4 Å². The molecule has 0 saturated heterocycles. The number of methoxy groups -OCH3 is 1. The molecule has 18 heavy (non-hydrogen) atoms. The maximum Gasteiger partial charge on any atom is 0.218 e. The monoisotopic (exact) mass is 288 g/mol. The van der Waals surface area contributed by atoms with Crippen molar-refractivity contribution in [3.8, 4) is 5.75 Å². The minimum absolute atomic E-state index is 0.0515. The van der Waals surface area contributed by atoms with Crippen LogP contribution in [0.15, 0.2) is 24.3 Å². The van der Waals surface area contributed by atoms with Crippen LogP contribution in [-0.2, 0) is 10.0 Å². The third kappa shape index (κ3) is 4.59. The Bertz CT molecular complexity index is 512. The van der Waals surface area contributed by atoms with Gasteiger partial charge in [0.15, 0.2) is 0 Å². The lowest BCUT2D eigenvalue weighted by Crippen LogP contribution is -2.34. The van der Waals surface area contributed by atoms with Gasteiger partial charge in [-0.05, 0) is 24.6 Å². The molecule has 5 nitrogen and oxygen atoms in total. The Hall–Kier alpha value is -1.18. The predicted molar refractivity (Wildman–Crippen MR) is 75.1 cm³/mol. The molecule has 0 amide bonds. The second kappa shape index (κ2) is 6.12. The van der Waals surface area contributed by atoms with Crippen LogP contribution in [0, 0.1) is 0 Å². The van der Waals surface area contributed by atoms with Crippen molar-refractivity contribution in [1.82, 2.24) is 4.72 Å². The molecular weight excluding hydrogens is 272 g/mol. The zero-order chi connectivity index (χ0) is 13.8. The van der Waals surface area contributed by atoms with E-state index in [4.69, 9.17) is 10.5 Å². The third-order valence-electron chi connectivity index (χ3n) is 2.30. The first kappa shape index (κ1) is 14.9. The average Bonchev–Trinajstić information content (AvgIpc) is 2.26. The molecule has 100 valence electrons. The molecule has 0 fully saturated rings. The standard InChI is InChI=1S/C11H16N2O3S2/c1-8(13-18(14,15)7-11(12)17)9-3-5-10(16-2)6-4-9/h3-6,8,13H,7H2,1-2H3,(H2,12,17). The molecule has 0 aliphatic rings. The number of hydrogen-bond acceptors (Lipinski definition) is 4. The van der Waals surface area contributed by atoms with E-state index in [-0.39, 0.29) is 16.8 Å². The quantitative estimate of drug-likeness (QED) is 0.762. The molecule has 0 aliphatic heterocycles. The normalized spacial score (nSPS) is 13.0. The summed E-state index contributed by atoms with van der Waals surface area (Å²) in [6, 6.07) is 6.79. The highest BCUT2D eigenvalue weighted by molar-refractivity contribution is 7.92. The highest BCUT2D eigenvalue weighted by Crippen LogP contribution is 2.17. The summed E-state index contributed by atoms with van der Waals surface area (Å²) in [4.78, 5) is -0.0515. The molecule has 0 radical (unpaired) electrons. The number of hydrogen-bond donors (Lipinski definition) is 2. The Balaban J connectivity index is 2.75. The molecule has 1 atom stereocenters. The van der Waals surface area contributed by atoms with Crippen molar-refractivity contribution < 1.29 is 13.2 Å². The first-order valence-electron chi connectivity index (χ1n) is 5.26. The van der Waals surface area contributed by atoms with E-state index in [1.165, 1.54) is 0 Å². The Morgan fingerprint density at radius 2 is 2.00 bits per heavy atom. The fourth-order valence-corrected chi connectivity index (χ4v) is 3.06. The summed E-state index contributed by atoms with van der Waals surface area (Å²) in [5.74, 6) is 0.375. The maximum absolute atomic E-state index is 11.6. The number of thiocarbonyl (C=S) groups is 1. The van der Waals surface area contributed by atoms with Gasteiger partial charge in [-0.2, -0.15) is 0 Å². The smallest absolute Gasteiger partial charge is 0.218 e. The number of nitrogens with one attached hydrogen (secondary N) is 1. The average molecular weight is 288 g/mol. The summed E-state index contributed by atoms with van der Waals surface area (Å²) >= 11 is 4.59. The van der Waals surface area contributed by atoms with Crippen LogP contribution < -0.4 is 15.2 Å². The summed E-state index contributed by atoms with van der Waals surface area (Å²) < 4.78 is 30.8. The van der Waals surface area contributed by atoms with Crippen LogP contribution in [-0.4, -0.2) is 26.3 Å². The van der Waals surface area contributed by atoms with Crippen LogP contribution in [0.1, 0.15) is 18.5 Å². The molecule has 1 aromatic carbocycles. The number of nitrogens with two attached hydrogens (primary N) is 1. The first-order valence-corrected chi connectivity index (χ1v) is 7.32. The van der Waals surface area contributed by atoms with Crippen LogP contribution >= 0.6 is 12.2 Å². The molecule has 0 saturated carbocycles. The van der Waals surface area contributed by atoms with Gasteiger partial charge in [0.25, 0.3) is 0 Å². The van der Waals surface area contributed by atoms with E-state index in [1.54, 1.807) is 38.3 Å². The van der Waals surface area contributed by atoms with Gasteiger partial charge in [-0.15, -0.1) is 0 Å². The van der Waals surface area contributed by atoms with E-state index >= 15 is 0 Å². The van der Waals surface area contributed by atoms with Crippen molar-refractivity contribution in [2.45, 2.75) is 13.0 Å². The number of sulfonamides is 1. The molecule has 3 N–H and O–H groups in total. The van der Waals surface area contributed by atoms with Crippen molar-refractivity contribution in [3.05, 3.63) is 29.8 Å². The second-order valence-corrected chi connectivity index (χ2v) is 6.12. The largest absolute Gasteiger partial charge is 0.497 e. The fourth-order valence-electron chi connectivity index (χ4n) is 1.46. The highest BCUT2D eigenvalue weighted by atomic mass is 32.2. The zero-order valence-corrected chi connectivity index (χ0v) is 11.8. The summed E-state index contributed by atoms with van der Waals surface area (Å²) in [5, 5.41) is 0. The molecule has 0 bridgehead atoms. The Kier molecular flexibility index (Phi) is 5.06. The van der Waals surface area contributed by atoms with Gasteiger partial charge in [0.1, 0.15) is 11.5 Å². The van der Waals surface area contributed by atoms with Gasteiger partial charge in [0.2, 0.25) is 10.0 Å². The van der Waals surface area contributed by atoms with E-state index in [9.17, 15) is 8.42 Å². The molecule has 0 spiro atoms. The van der Waals surface area contributed by atoms with Crippen LogP contribution in [0.25, 0.3) is 0 Å². The molecule has 0 aromatic heterocycles. The summed E-state index contributed by atoms with van der Waals surface area (Å²) in [5.41, 5.74) is 6.06. The molecule has 7 heteroatoms. The second-order valence-electron chi connectivity index (χ2n) is 3.84. The number of benzene rings is 1. The van der Waals surface area contributed by atoms with E-state index in [0.29, 0.717) is 0 Å². The molecular formula is C11H16N2O3S2. The van der Waals surface area contributed by atoms with Crippen LogP contribution in [0.3, 0.4) is 0 Å².